The number of benzene rings is 1. The molecule has 1 aromatic carbocycles. The number of methoxy groups -OCH3 is 2. The van der Waals surface area contributed by atoms with E-state index in [1.165, 1.54) is 0 Å². The second-order valence-electron chi connectivity index (χ2n) is 2.65. The standard InChI is InChI=1S/C10H15NO3/c1-12-8-3-4-9(13-2)10(7-8)14-6-5-11/h3-4,7H,5-6,11H2,1-2H3. The van der Waals surface area contributed by atoms with Crippen LogP contribution in [0, 0.1) is 0 Å². The second-order valence-corrected chi connectivity index (χ2v) is 2.65. The zero-order valence-electron chi connectivity index (χ0n) is 8.45. The van der Waals surface area contributed by atoms with Crippen LogP contribution in [0.2, 0.25) is 0 Å². The molecule has 0 spiro atoms. The van der Waals surface area contributed by atoms with Crippen molar-refractivity contribution >= 4 is 0 Å². The lowest BCUT2D eigenvalue weighted by atomic mass is 10.3. The van der Waals surface area contributed by atoms with Gasteiger partial charge in [-0.3, -0.25) is 0 Å². The van der Waals surface area contributed by atoms with Gasteiger partial charge in [0.1, 0.15) is 12.4 Å². The van der Waals surface area contributed by atoms with Gasteiger partial charge in [0.2, 0.25) is 0 Å². The van der Waals surface area contributed by atoms with Crippen molar-refractivity contribution in [2.45, 2.75) is 0 Å². The Hall–Kier alpha value is -1.42. The molecule has 0 amide bonds. The first kappa shape index (κ1) is 10.7. The Morgan fingerprint density at radius 2 is 1.93 bits per heavy atom. The molecule has 0 unspecified atom stereocenters. The summed E-state index contributed by atoms with van der Waals surface area (Å²) in [4.78, 5) is 0. The first-order valence-electron chi connectivity index (χ1n) is 4.36. The van der Waals surface area contributed by atoms with Gasteiger partial charge in [-0.15, -0.1) is 0 Å². The summed E-state index contributed by atoms with van der Waals surface area (Å²) in [5.41, 5.74) is 5.34. The number of hydrogen-bond acceptors (Lipinski definition) is 4. The van der Waals surface area contributed by atoms with Gasteiger partial charge < -0.3 is 19.9 Å². The van der Waals surface area contributed by atoms with Gasteiger partial charge >= 0.3 is 0 Å². The van der Waals surface area contributed by atoms with Crippen molar-refractivity contribution in [3.05, 3.63) is 18.2 Å². The molecule has 0 atom stereocenters. The van der Waals surface area contributed by atoms with Crippen LogP contribution in [0.3, 0.4) is 0 Å². The van der Waals surface area contributed by atoms with Crippen LogP contribution in [-0.4, -0.2) is 27.4 Å². The van der Waals surface area contributed by atoms with Gasteiger partial charge in [-0.25, -0.2) is 0 Å². The molecule has 0 saturated heterocycles. The molecule has 0 aliphatic carbocycles. The number of nitrogens with two attached hydrogens (primary N) is 1. The van der Waals surface area contributed by atoms with E-state index in [-0.39, 0.29) is 0 Å². The van der Waals surface area contributed by atoms with Gasteiger partial charge in [-0.2, -0.15) is 0 Å². The Labute approximate surface area is 83.6 Å². The molecule has 2 N–H and O–H groups in total. The molecule has 0 radical (unpaired) electrons. The molecule has 1 aromatic rings. The fraction of sp³-hybridized carbons (Fsp3) is 0.400. The van der Waals surface area contributed by atoms with Crippen molar-refractivity contribution in [3.63, 3.8) is 0 Å². The van der Waals surface area contributed by atoms with E-state index in [1.807, 2.05) is 6.07 Å². The third-order valence-electron chi connectivity index (χ3n) is 1.75. The van der Waals surface area contributed by atoms with Crippen molar-refractivity contribution in [2.75, 3.05) is 27.4 Å². The summed E-state index contributed by atoms with van der Waals surface area (Å²) in [6.45, 7) is 0.934. The van der Waals surface area contributed by atoms with E-state index in [0.717, 1.165) is 5.75 Å². The molecule has 0 bridgehead atoms. The van der Waals surface area contributed by atoms with E-state index in [4.69, 9.17) is 19.9 Å². The average molecular weight is 197 g/mol. The quantitative estimate of drug-likeness (QED) is 0.766. The summed E-state index contributed by atoms with van der Waals surface area (Å²) < 4.78 is 15.6. The molecule has 4 heteroatoms. The van der Waals surface area contributed by atoms with E-state index in [2.05, 4.69) is 0 Å². The molecule has 0 aromatic heterocycles. The van der Waals surface area contributed by atoms with E-state index in [1.54, 1.807) is 26.4 Å². The van der Waals surface area contributed by atoms with Crippen molar-refractivity contribution in [1.29, 1.82) is 0 Å². The van der Waals surface area contributed by atoms with Crippen molar-refractivity contribution in [2.24, 2.45) is 5.73 Å². The monoisotopic (exact) mass is 197 g/mol. The average Bonchev–Trinajstić information content (AvgIpc) is 2.25. The SMILES string of the molecule is COc1ccc(OC)c(OCCN)c1. The molecule has 0 aliphatic heterocycles. The molecule has 1 rings (SSSR count). The fourth-order valence-corrected chi connectivity index (χ4v) is 1.07. The normalized spacial score (nSPS) is 9.64. The Morgan fingerprint density at radius 1 is 1.14 bits per heavy atom. The Morgan fingerprint density at radius 3 is 2.50 bits per heavy atom. The lowest BCUT2D eigenvalue weighted by Crippen LogP contribution is -2.11. The summed E-state index contributed by atoms with van der Waals surface area (Å²) in [7, 11) is 3.20. The number of ether oxygens (including phenoxy) is 3. The lowest BCUT2D eigenvalue weighted by molar-refractivity contribution is 0.299. The largest absolute Gasteiger partial charge is 0.497 e. The zero-order valence-corrected chi connectivity index (χ0v) is 8.45. The van der Waals surface area contributed by atoms with Crippen LogP contribution in [0.5, 0.6) is 17.2 Å². The van der Waals surface area contributed by atoms with Crippen LogP contribution in [0.1, 0.15) is 0 Å². The highest BCUT2D eigenvalue weighted by Gasteiger charge is 2.05. The highest BCUT2D eigenvalue weighted by molar-refractivity contribution is 5.45. The minimum Gasteiger partial charge on any atom is -0.497 e. The predicted molar refractivity (Wildman–Crippen MR) is 54.1 cm³/mol. The molecule has 0 saturated carbocycles. The summed E-state index contributed by atoms with van der Waals surface area (Å²) in [6.07, 6.45) is 0. The minimum absolute atomic E-state index is 0.462. The van der Waals surface area contributed by atoms with Crippen LogP contribution in [-0.2, 0) is 0 Å². The summed E-state index contributed by atoms with van der Waals surface area (Å²) in [5, 5.41) is 0. The first-order valence-corrected chi connectivity index (χ1v) is 4.36. The molecule has 0 aliphatic rings. The van der Waals surface area contributed by atoms with E-state index >= 15 is 0 Å². The van der Waals surface area contributed by atoms with Crippen molar-refractivity contribution in [3.8, 4) is 17.2 Å². The third kappa shape index (κ3) is 2.53. The van der Waals surface area contributed by atoms with Gasteiger partial charge in [-0.05, 0) is 12.1 Å². The van der Waals surface area contributed by atoms with Crippen LogP contribution in [0.15, 0.2) is 18.2 Å². The maximum Gasteiger partial charge on any atom is 0.164 e. The zero-order chi connectivity index (χ0) is 10.4. The molecule has 4 nitrogen and oxygen atoms in total. The van der Waals surface area contributed by atoms with Crippen LogP contribution < -0.4 is 19.9 Å². The highest BCUT2D eigenvalue weighted by Crippen LogP contribution is 2.30. The molecular formula is C10H15NO3. The van der Waals surface area contributed by atoms with Crippen molar-refractivity contribution in [1.82, 2.24) is 0 Å². The number of hydrogen-bond donors (Lipinski definition) is 1. The van der Waals surface area contributed by atoms with Gasteiger partial charge in [0.05, 0.1) is 14.2 Å². The van der Waals surface area contributed by atoms with Crippen LogP contribution in [0.25, 0.3) is 0 Å². The van der Waals surface area contributed by atoms with Gasteiger partial charge in [-0.1, -0.05) is 0 Å². The van der Waals surface area contributed by atoms with Crippen LogP contribution in [0.4, 0.5) is 0 Å². The van der Waals surface area contributed by atoms with E-state index in [9.17, 15) is 0 Å². The lowest BCUT2D eigenvalue weighted by Gasteiger charge is -2.10. The molecule has 0 heterocycles. The minimum atomic E-state index is 0.462. The molecule has 78 valence electrons. The highest BCUT2D eigenvalue weighted by atomic mass is 16.5. The first-order chi connectivity index (χ1) is 6.81. The van der Waals surface area contributed by atoms with Crippen LogP contribution >= 0.6 is 0 Å². The molecular weight excluding hydrogens is 182 g/mol. The third-order valence-corrected chi connectivity index (χ3v) is 1.75. The molecule has 14 heavy (non-hydrogen) atoms. The van der Waals surface area contributed by atoms with E-state index in [0.29, 0.717) is 24.7 Å². The predicted octanol–water partition coefficient (Wildman–Crippen LogP) is 1.04. The summed E-state index contributed by atoms with van der Waals surface area (Å²) >= 11 is 0. The summed E-state index contributed by atoms with van der Waals surface area (Å²) in [5.74, 6) is 2.06. The number of rotatable bonds is 5. The Balaban J connectivity index is 2.84. The fourth-order valence-electron chi connectivity index (χ4n) is 1.07. The van der Waals surface area contributed by atoms with Gasteiger partial charge in [0, 0.05) is 12.6 Å². The van der Waals surface area contributed by atoms with Gasteiger partial charge in [0.25, 0.3) is 0 Å². The summed E-state index contributed by atoms with van der Waals surface area (Å²) in [6, 6.07) is 5.38. The maximum atomic E-state index is 5.39. The van der Waals surface area contributed by atoms with Crippen molar-refractivity contribution < 1.29 is 14.2 Å². The second kappa shape index (κ2) is 5.34. The van der Waals surface area contributed by atoms with Gasteiger partial charge in [0.15, 0.2) is 11.5 Å². The maximum absolute atomic E-state index is 5.39. The smallest absolute Gasteiger partial charge is 0.164 e. The topological polar surface area (TPSA) is 53.7 Å². The molecule has 0 fully saturated rings. The Bertz CT molecular complexity index is 289. The Kier molecular flexibility index (Phi) is 4.07. The van der Waals surface area contributed by atoms with E-state index < -0.39 is 0 Å².